The quantitative estimate of drug-likeness (QED) is 0.798. The number of carbonyl (C=O) groups excluding carboxylic acids is 1. The first-order valence-corrected chi connectivity index (χ1v) is 8.09. The molecule has 4 rings (SSSR count). The molecule has 0 unspecified atom stereocenters. The number of anilines is 1. The highest BCUT2D eigenvalue weighted by atomic mass is 16.5. The molecule has 2 aliphatic rings. The number of ether oxygens (including phenoxy) is 1. The zero-order chi connectivity index (χ0) is 16.0. The van der Waals surface area contributed by atoms with Crippen molar-refractivity contribution in [2.24, 2.45) is 0 Å². The Morgan fingerprint density at radius 2 is 2.04 bits per heavy atom. The smallest absolute Gasteiger partial charge is 0.262 e. The summed E-state index contributed by atoms with van der Waals surface area (Å²) >= 11 is 0. The second-order valence-corrected chi connectivity index (χ2v) is 6.33. The highest BCUT2D eigenvalue weighted by molar-refractivity contribution is 6.34. The third kappa shape index (κ3) is 2.52. The largest absolute Gasteiger partial charge is 0.491 e. The molecule has 0 bridgehead atoms. The van der Waals surface area contributed by atoms with Gasteiger partial charge in [-0.25, -0.2) is 0 Å². The van der Waals surface area contributed by atoms with Crippen molar-refractivity contribution in [3.05, 3.63) is 53.1 Å². The van der Waals surface area contributed by atoms with Gasteiger partial charge in [0.1, 0.15) is 20.2 Å². The first-order chi connectivity index (χ1) is 11.1. The van der Waals surface area contributed by atoms with Crippen molar-refractivity contribution in [3.8, 4) is 5.75 Å². The van der Waals surface area contributed by atoms with Gasteiger partial charge in [-0.05, 0) is 55.0 Å². The van der Waals surface area contributed by atoms with Crippen LogP contribution in [0, 0.1) is 6.92 Å². The van der Waals surface area contributed by atoms with Crippen LogP contribution in [0.5, 0.6) is 5.75 Å². The average Bonchev–Trinajstić information content (AvgIpc) is 3.39. The van der Waals surface area contributed by atoms with Crippen LogP contribution in [0.1, 0.15) is 40.2 Å². The molecule has 114 valence electrons. The van der Waals surface area contributed by atoms with Gasteiger partial charge in [-0.1, -0.05) is 23.7 Å². The molecular weight excluding hydrogens is 285 g/mol. The fourth-order valence-corrected chi connectivity index (χ4v) is 3.16. The standard InChI is InChI=1S/C19H18BNO2/c1-12-16(20)3-2-4-17(12)21-9-10-23-18-11-14(13-5-6-13)7-8-15(18)19(21)22/h2-4,7-8,11,13H,5-6,9-10H2,1H3. The van der Waals surface area contributed by atoms with Gasteiger partial charge in [0.05, 0.1) is 12.1 Å². The third-order valence-electron chi connectivity index (χ3n) is 4.74. The Kier molecular flexibility index (Phi) is 3.40. The molecule has 1 amide bonds. The van der Waals surface area contributed by atoms with Crippen LogP contribution < -0.4 is 15.1 Å². The lowest BCUT2D eigenvalue weighted by Crippen LogP contribution is -2.33. The van der Waals surface area contributed by atoms with Gasteiger partial charge in [0.2, 0.25) is 0 Å². The molecule has 0 saturated heterocycles. The van der Waals surface area contributed by atoms with Gasteiger partial charge in [-0.15, -0.1) is 0 Å². The number of hydrogen-bond donors (Lipinski definition) is 0. The summed E-state index contributed by atoms with van der Waals surface area (Å²) in [6, 6.07) is 11.7. The molecule has 1 saturated carbocycles. The minimum absolute atomic E-state index is 0.0199. The molecule has 1 heterocycles. The first kappa shape index (κ1) is 14.4. The maximum atomic E-state index is 13.0. The Morgan fingerprint density at radius 3 is 2.83 bits per heavy atom. The van der Waals surface area contributed by atoms with Gasteiger partial charge < -0.3 is 9.64 Å². The summed E-state index contributed by atoms with van der Waals surface area (Å²) in [6.07, 6.45) is 2.47. The van der Waals surface area contributed by atoms with E-state index in [1.54, 1.807) is 4.90 Å². The predicted molar refractivity (Wildman–Crippen MR) is 92.2 cm³/mol. The van der Waals surface area contributed by atoms with Crippen LogP contribution in [-0.4, -0.2) is 26.9 Å². The van der Waals surface area contributed by atoms with E-state index in [2.05, 4.69) is 6.07 Å². The Morgan fingerprint density at radius 1 is 1.22 bits per heavy atom. The highest BCUT2D eigenvalue weighted by Crippen LogP contribution is 2.42. The molecular formula is C19H18BNO2. The van der Waals surface area contributed by atoms with Crippen LogP contribution in [0.15, 0.2) is 36.4 Å². The number of benzene rings is 2. The average molecular weight is 303 g/mol. The summed E-state index contributed by atoms with van der Waals surface area (Å²) in [6.45, 7) is 2.96. The van der Waals surface area contributed by atoms with Crippen molar-refractivity contribution < 1.29 is 9.53 Å². The van der Waals surface area contributed by atoms with Crippen molar-refractivity contribution in [2.45, 2.75) is 25.7 Å². The lowest BCUT2D eigenvalue weighted by molar-refractivity contribution is 0.0989. The molecule has 0 N–H and O–H groups in total. The van der Waals surface area contributed by atoms with E-state index < -0.39 is 0 Å². The molecule has 23 heavy (non-hydrogen) atoms. The topological polar surface area (TPSA) is 29.5 Å². The zero-order valence-electron chi connectivity index (χ0n) is 13.2. The van der Waals surface area contributed by atoms with E-state index >= 15 is 0 Å². The van der Waals surface area contributed by atoms with Gasteiger partial charge >= 0.3 is 0 Å². The number of rotatable bonds is 2. The highest BCUT2D eigenvalue weighted by Gasteiger charge is 2.29. The molecule has 4 heteroatoms. The fraction of sp³-hybridized carbons (Fsp3) is 0.316. The second-order valence-electron chi connectivity index (χ2n) is 6.33. The molecule has 0 aromatic heterocycles. The first-order valence-electron chi connectivity index (χ1n) is 8.09. The molecule has 1 aliphatic heterocycles. The molecule has 0 spiro atoms. The Hall–Kier alpha value is -2.23. The Bertz CT molecular complexity index is 783. The van der Waals surface area contributed by atoms with E-state index in [1.165, 1.54) is 18.4 Å². The molecule has 2 radical (unpaired) electrons. The number of carbonyl (C=O) groups is 1. The number of fused-ring (bicyclic) bond motifs is 1. The summed E-state index contributed by atoms with van der Waals surface area (Å²) in [7, 11) is 6.00. The minimum Gasteiger partial charge on any atom is -0.491 e. The van der Waals surface area contributed by atoms with Gasteiger partial charge in [-0.3, -0.25) is 4.79 Å². The van der Waals surface area contributed by atoms with E-state index in [4.69, 9.17) is 12.6 Å². The molecule has 2 aromatic carbocycles. The molecule has 1 aliphatic carbocycles. The van der Waals surface area contributed by atoms with Crippen molar-refractivity contribution in [3.63, 3.8) is 0 Å². The third-order valence-corrected chi connectivity index (χ3v) is 4.74. The van der Waals surface area contributed by atoms with E-state index in [1.807, 2.05) is 37.3 Å². The van der Waals surface area contributed by atoms with E-state index in [9.17, 15) is 4.79 Å². The summed E-state index contributed by atoms with van der Waals surface area (Å²) in [5.41, 5.74) is 4.40. The molecule has 1 fully saturated rings. The maximum Gasteiger partial charge on any atom is 0.262 e. The van der Waals surface area contributed by atoms with E-state index in [-0.39, 0.29) is 5.91 Å². The summed E-state index contributed by atoms with van der Waals surface area (Å²) in [4.78, 5) is 14.8. The number of nitrogens with zero attached hydrogens (tertiary/aromatic N) is 1. The van der Waals surface area contributed by atoms with Crippen LogP contribution in [0.3, 0.4) is 0 Å². The lowest BCUT2D eigenvalue weighted by Gasteiger charge is -2.23. The van der Waals surface area contributed by atoms with Crippen LogP contribution in [0.2, 0.25) is 0 Å². The fourth-order valence-electron chi connectivity index (χ4n) is 3.16. The minimum atomic E-state index is -0.0199. The van der Waals surface area contributed by atoms with Crippen molar-refractivity contribution in [1.82, 2.24) is 0 Å². The van der Waals surface area contributed by atoms with Crippen molar-refractivity contribution in [2.75, 3.05) is 18.1 Å². The van der Waals surface area contributed by atoms with Gasteiger partial charge in [-0.2, -0.15) is 0 Å². The van der Waals surface area contributed by atoms with Gasteiger partial charge in [0, 0.05) is 5.69 Å². The van der Waals surface area contributed by atoms with E-state index in [0.717, 1.165) is 11.3 Å². The normalized spacial score (nSPS) is 17.4. The second kappa shape index (κ2) is 5.45. The molecule has 2 aromatic rings. The monoisotopic (exact) mass is 303 g/mol. The van der Waals surface area contributed by atoms with Gasteiger partial charge in [0.25, 0.3) is 5.91 Å². The van der Waals surface area contributed by atoms with Crippen LogP contribution in [-0.2, 0) is 0 Å². The zero-order valence-corrected chi connectivity index (χ0v) is 13.2. The Labute approximate surface area is 137 Å². The number of hydrogen-bond acceptors (Lipinski definition) is 2. The van der Waals surface area contributed by atoms with Crippen molar-refractivity contribution in [1.29, 1.82) is 0 Å². The van der Waals surface area contributed by atoms with Crippen LogP contribution in [0.4, 0.5) is 5.69 Å². The summed E-state index contributed by atoms with van der Waals surface area (Å²) in [5, 5.41) is 0. The van der Waals surface area contributed by atoms with Crippen molar-refractivity contribution >= 4 is 24.9 Å². The molecule has 3 nitrogen and oxygen atoms in total. The number of amides is 1. The summed E-state index contributed by atoms with van der Waals surface area (Å²) < 4.78 is 5.87. The lowest BCUT2D eigenvalue weighted by atomic mass is 9.90. The summed E-state index contributed by atoms with van der Waals surface area (Å²) in [5.74, 6) is 1.34. The van der Waals surface area contributed by atoms with Gasteiger partial charge in [0.15, 0.2) is 0 Å². The molecule has 0 atom stereocenters. The predicted octanol–water partition coefficient (Wildman–Crippen LogP) is 2.71. The SMILES string of the molecule is [B]c1cccc(N2CCOc3cc(C4CC4)ccc3C2=O)c1C. The van der Waals surface area contributed by atoms with E-state index in [0.29, 0.717) is 35.8 Å². The maximum absolute atomic E-state index is 13.0. The van der Waals surface area contributed by atoms with Crippen LogP contribution >= 0.6 is 0 Å². The Balaban J connectivity index is 1.74. The van der Waals surface area contributed by atoms with Crippen LogP contribution in [0.25, 0.3) is 0 Å².